The van der Waals surface area contributed by atoms with Crippen molar-refractivity contribution in [1.29, 1.82) is 0 Å². The van der Waals surface area contributed by atoms with Crippen LogP contribution in [-0.4, -0.2) is 22.9 Å². The van der Waals surface area contributed by atoms with Crippen LogP contribution in [0.15, 0.2) is 91.3 Å². The van der Waals surface area contributed by atoms with E-state index in [0.717, 1.165) is 0 Å². The van der Waals surface area contributed by atoms with Crippen LogP contribution in [0.1, 0.15) is 36.0 Å². The van der Waals surface area contributed by atoms with Crippen LogP contribution in [0.3, 0.4) is 0 Å². The molecule has 0 radical (unpaired) electrons. The molecule has 8 heteroatoms. The normalized spacial score (nSPS) is 12.1. The van der Waals surface area contributed by atoms with E-state index in [-0.39, 0.29) is 17.9 Å². The number of amides is 1. The number of carbonyl (C=O) groups is 1. The molecule has 36 heavy (non-hydrogen) atoms. The van der Waals surface area contributed by atoms with Gasteiger partial charge in [-0.25, -0.2) is 18.7 Å². The van der Waals surface area contributed by atoms with Gasteiger partial charge in [0.1, 0.15) is 0 Å². The second-order valence-corrected chi connectivity index (χ2v) is 8.59. The lowest BCUT2D eigenvalue weighted by Gasteiger charge is -2.28. The second-order valence-electron chi connectivity index (χ2n) is 8.15. The van der Waals surface area contributed by atoms with Crippen molar-refractivity contribution in [3.8, 4) is 0 Å². The predicted octanol–water partition coefficient (Wildman–Crippen LogP) is 7.17. The van der Waals surface area contributed by atoms with E-state index in [2.05, 4.69) is 15.3 Å². The van der Waals surface area contributed by atoms with Crippen molar-refractivity contribution in [3.05, 3.63) is 113 Å². The van der Waals surface area contributed by atoms with Crippen molar-refractivity contribution < 1.29 is 13.6 Å². The Balaban J connectivity index is 1.87. The van der Waals surface area contributed by atoms with Gasteiger partial charge in [-0.1, -0.05) is 73.1 Å². The van der Waals surface area contributed by atoms with Gasteiger partial charge in [0.25, 0.3) is 5.92 Å². The zero-order valence-electron chi connectivity index (χ0n) is 19.8. The van der Waals surface area contributed by atoms with E-state index in [1.54, 1.807) is 43.4 Å². The van der Waals surface area contributed by atoms with E-state index in [1.165, 1.54) is 36.4 Å². The second kappa shape index (κ2) is 10.8. The van der Waals surface area contributed by atoms with Crippen molar-refractivity contribution >= 4 is 34.8 Å². The van der Waals surface area contributed by atoms with Gasteiger partial charge in [0.15, 0.2) is 11.6 Å². The van der Waals surface area contributed by atoms with Crippen molar-refractivity contribution in [2.24, 2.45) is 0 Å². The van der Waals surface area contributed by atoms with E-state index in [1.807, 2.05) is 30.3 Å². The Labute approximate surface area is 213 Å². The third kappa shape index (κ3) is 5.21. The fraction of sp³-hybridized carbons (Fsp3) is 0.179. The monoisotopic (exact) mass is 506 g/mol. The molecule has 0 spiro atoms. The van der Waals surface area contributed by atoms with Crippen LogP contribution in [-0.2, 0) is 10.7 Å². The van der Waals surface area contributed by atoms with E-state index in [9.17, 15) is 13.6 Å². The van der Waals surface area contributed by atoms with Crippen LogP contribution in [0, 0.1) is 0 Å². The predicted molar refractivity (Wildman–Crippen MR) is 139 cm³/mol. The first-order valence-electron chi connectivity index (χ1n) is 11.5. The van der Waals surface area contributed by atoms with Gasteiger partial charge in [-0.2, -0.15) is 0 Å². The highest BCUT2D eigenvalue weighted by atomic mass is 35.5. The Bertz CT molecular complexity index is 1320. The van der Waals surface area contributed by atoms with E-state index >= 15 is 0 Å². The summed E-state index contributed by atoms with van der Waals surface area (Å²) in [4.78, 5) is 24.6. The molecule has 184 valence electrons. The lowest BCUT2D eigenvalue weighted by atomic mass is 9.88. The molecule has 0 aliphatic rings. The molecule has 4 aromatic rings. The number of alkyl halides is 2. The number of hydrogen-bond donors (Lipinski definition) is 1. The summed E-state index contributed by atoms with van der Waals surface area (Å²) in [5, 5.41) is 3.50. The minimum Gasteiger partial charge on any atom is -0.370 e. The molecule has 3 aromatic carbocycles. The van der Waals surface area contributed by atoms with Crippen LogP contribution < -0.4 is 10.2 Å². The molecule has 0 saturated carbocycles. The Morgan fingerprint density at radius 1 is 0.944 bits per heavy atom. The molecule has 0 saturated heterocycles. The number of aromatic nitrogens is 2. The van der Waals surface area contributed by atoms with E-state index in [4.69, 9.17) is 11.6 Å². The quantitative estimate of drug-likeness (QED) is 0.275. The molecule has 4 rings (SSSR count). The molecule has 1 atom stereocenters. The van der Waals surface area contributed by atoms with Crippen LogP contribution in [0.25, 0.3) is 0 Å². The summed E-state index contributed by atoms with van der Waals surface area (Å²) < 4.78 is 28.6. The SMILES string of the molecule is CCC(F)(F)c1ccc(C(C(=O)N(c2ccc(Cl)cc2)c2nccnc2NC)c2ccccc2)cc1. The first-order valence-corrected chi connectivity index (χ1v) is 11.8. The molecule has 0 bridgehead atoms. The number of nitrogens with zero attached hydrogens (tertiary/aromatic N) is 3. The highest BCUT2D eigenvalue weighted by molar-refractivity contribution is 6.30. The fourth-order valence-electron chi connectivity index (χ4n) is 3.99. The largest absolute Gasteiger partial charge is 0.370 e. The molecule has 1 aromatic heterocycles. The highest BCUT2D eigenvalue weighted by Gasteiger charge is 2.33. The zero-order chi connectivity index (χ0) is 25.7. The smallest absolute Gasteiger partial charge is 0.273 e. The summed E-state index contributed by atoms with van der Waals surface area (Å²) in [6, 6.07) is 22.0. The van der Waals surface area contributed by atoms with Crippen molar-refractivity contribution in [2.75, 3.05) is 17.3 Å². The summed E-state index contributed by atoms with van der Waals surface area (Å²) >= 11 is 6.11. The Kier molecular flexibility index (Phi) is 7.60. The number of anilines is 3. The minimum absolute atomic E-state index is 0.0889. The molecule has 0 aliphatic carbocycles. The summed E-state index contributed by atoms with van der Waals surface area (Å²) in [6.45, 7) is 1.44. The number of nitrogens with one attached hydrogen (secondary N) is 1. The average molecular weight is 507 g/mol. The molecular weight excluding hydrogens is 482 g/mol. The van der Waals surface area contributed by atoms with Gasteiger partial charge < -0.3 is 5.32 Å². The molecule has 0 fully saturated rings. The zero-order valence-corrected chi connectivity index (χ0v) is 20.6. The van der Waals surface area contributed by atoms with Crippen LogP contribution in [0.2, 0.25) is 5.02 Å². The lowest BCUT2D eigenvalue weighted by molar-refractivity contribution is -0.118. The van der Waals surface area contributed by atoms with Gasteiger partial charge in [-0.15, -0.1) is 0 Å². The summed E-state index contributed by atoms with van der Waals surface area (Å²) in [5.74, 6) is -3.34. The van der Waals surface area contributed by atoms with Gasteiger partial charge in [0, 0.05) is 36.4 Å². The average Bonchev–Trinajstić information content (AvgIpc) is 2.91. The third-order valence-electron chi connectivity index (χ3n) is 5.92. The molecule has 5 nitrogen and oxygen atoms in total. The molecule has 1 unspecified atom stereocenters. The molecular formula is C28H25ClF2N4O. The topological polar surface area (TPSA) is 58.1 Å². The maximum atomic E-state index is 14.4. The maximum absolute atomic E-state index is 14.4. The Hall–Kier alpha value is -3.84. The number of halogens is 3. The molecule has 1 amide bonds. The molecule has 1 N–H and O–H groups in total. The number of rotatable bonds is 8. The maximum Gasteiger partial charge on any atom is 0.273 e. The van der Waals surface area contributed by atoms with Crippen molar-refractivity contribution in [1.82, 2.24) is 9.97 Å². The van der Waals surface area contributed by atoms with Crippen molar-refractivity contribution in [2.45, 2.75) is 25.2 Å². The van der Waals surface area contributed by atoms with Crippen LogP contribution in [0.5, 0.6) is 0 Å². The lowest BCUT2D eigenvalue weighted by Crippen LogP contribution is -2.33. The van der Waals surface area contributed by atoms with Gasteiger partial charge in [0.2, 0.25) is 5.91 Å². The summed E-state index contributed by atoms with van der Waals surface area (Å²) in [7, 11) is 1.69. The van der Waals surface area contributed by atoms with Gasteiger partial charge in [-0.05, 0) is 35.4 Å². The highest BCUT2D eigenvalue weighted by Crippen LogP contribution is 2.37. The Morgan fingerprint density at radius 2 is 1.56 bits per heavy atom. The van der Waals surface area contributed by atoms with Crippen molar-refractivity contribution in [3.63, 3.8) is 0 Å². The Morgan fingerprint density at radius 3 is 2.17 bits per heavy atom. The first kappa shape index (κ1) is 25.3. The number of hydrogen-bond acceptors (Lipinski definition) is 4. The van der Waals surface area contributed by atoms with Gasteiger partial charge >= 0.3 is 0 Å². The summed E-state index contributed by atoms with van der Waals surface area (Å²) in [5.41, 5.74) is 1.74. The van der Waals surface area contributed by atoms with Crippen LogP contribution >= 0.6 is 11.6 Å². The number of benzene rings is 3. The fourth-order valence-corrected chi connectivity index (χ4v) is 4.12. The van der Waals surface area contributed by atoms with Gasteiger partial charge in [-0.3, -0.25) is 9.69 Å². The number of carbonyl (C=O) groups excluding carboxylic acids is 1. The van der Waals surface area contributed by atoms with E-state index in [0.29, 0.717) is 33.5 Å². The van der Waals surface area contributed by atoms with Crippen LogP contribution in [0.4, 0.5) is 26.1 Å². The third-order valence-corrected chi connectivity index (χ3v) is 6.17. The van der Waals surface area contributed by atoms with Gasteiger partial charge in [0.05, 0.1) is 11.6 Å². The minimum atomic E-state index is -2.94. The van der Waals surface area contributed by atoms with E-state index < -0.39 is 11.8 Å². The molecule has 0 aliphatic heterocycles. The first-order chi connectivity index (χ1) is 17.4. The standard InChI is InChI=1S/C28H25ClF2N4O/c1-3-28(30,31)21-11-9-20(10-12-21)24(19-7-5-4-6-8-19)27(36)35(23-15-13-22(29)14-16-23)26-25(32-2)33-17-18-34-26/h4-18,24H,3H2,1-2H3,(H,32,33). The summed E-state index contributed by atoms with van der Waals surface area (Å²) in [6.07, 6.45) is 2.73. The molecule has 1 heterocycles.